The molecule has 1 fully saturated rings. The van der Waals surface area contributed by atoms with Gasteiger partial charge in [0, 0.05) is 17.2 Å². The Balaban J connectivity index is 1.76. The van der Waals surface area contributed by atoms with Gasteiger partial charge in [0.05, 0.1) is 31.4 Å². The van der Waals surface area contributed by atoms with Crippen molar-refractivity contribution in [2.24, 2.45) is 0 Å². The predicted molar refractivity (Wildman–Crippen MR) is 128 cm³/mol. The molecule has 1 atom stereocenters. The Morgan fingerprint density at radius 3 is 2.13 bits per heavy atom. The zero-order valence-corrected chi connectivity index (χ0v) is 19.0. The van der Waals surface area contributed by atoms with Crippen molar-refractivity contribution < 1.29 is 9.47 Å². The summed E-state index contributed by atoms with van der Waals surface area (Å²) in [5.74, 6) is 0.899. The van der Waals surface area contributed by atoms with Gasteiger partial charge in [-0.25, -0.2) is 0 Å². The molecule has 30 heavy (non-hydrogen) atoms. The van der Waals surface area contributed by atoms with E-state index in [9.17, 15) is 0 Å². The Kier molecular flexibility index (Phi) is 4.92. The highest BCUT2D eigenvalue weighted by atomic mass is 28.3. The largest absolute Gasteiger partial charge is 0.463 e. The maximum Gasteiger partial charge on any atom is 0.199 e. The molecule has 3 aromatic carbocycles. The van der Waals surface area contributed by atoms with E-state index in [0.29, 0.717) is 0 Å². The van der Waals surface area contributed by atoms with Crippen LogP contribution in [0, 0.1) is 0 Å². The lowest BCUT2D eigenvalue weighted by atomic mass is 10.2. The average Bonchev–Trinajstić information content (AvgIpc) is 3.08. The van der Waals surface area contributed by atoms with Gasteiger partial charge in [-0.3, -0.25) is 0 Å². The van der Waals surface area contributed by atoms with Gasteiger partial charge >= 0.3 is 0 Å². The number of hydrogen-bond donors (Lipinski definition) is 0. The lowest BCUT2D eigenvalue weighted by Crippen LogP contribution is -2.37. The molecule has 0 aliphatic carbocycles. The number of nitrogens with zero attached hydrogens (tertiary/aromatic N) is 1. The smallest absolute Gasteiger partial charge is 0.199 e. The van der Waals surface area contributed by atoms with E-state index < -0.39 is 8.07 Å². The van der Waals surface area contributed by atoms with Crippen LogP contribution >= 0.6 is 0 Å². The minimum Gasteiger partial charge on any atom is -0.463 e. The Bertz CT molecular complexity index is 1150. The van der Waals surface area contributed by atoms with Crippen molar-refractivity contribution in [1.82, 2.24) is 4.57 Å². The van der Waals surface area contributed by atoms with E-state index in [1.54, 1.807) is 0 Å². The van der Waals surface area contributed by atoms with Crippen LogP contribution in [0.2, 0.25) is 19.6 Å². The number of fused-ring (bicyclic) bond motifs is 3. The summed E-state index contributed by atoms with van der Waals surface area (Å²) in [6.45, 7) is 7.96. The van der Waals surface area contributed by atoms with Crippen LogP contribution < -0.4 is 9.92 Å². The van der Waals surface area contributed by atoms with E-state index in [-0.39, 0.29) is 6.29 Å². The van der Waals surface area contributed by atoms with Crippen LogP contribution in [0.4, 0.5) is 0 Å². The van der Waals surface area contributed by atoms with Crippen LogP contribution in [0.3, 0.4) is 0 Å². The first-order valence-corrected chi connectivity index (χ1v) is 14.4. The van der Waals surface area contributed by atoms with Gasteiger partial charge in [0.2, 0.25) is 0 Å². The van der Waals surface area contributed by atoms with Crippen LogP contribution in [0.15, 0.2) is 66.7 Å². The molecular weight excluding hydrogens is 386 g/mol. The number of ether oxygens (including phenoxy) is 2. The van der Waals surface area contributed by atoms with Crippen molar-refractivity contribution >= 4 is 35.1 Å². The highest BCUT2D eigenvalue weighted by Crippen LogP contribution is 2.36. The maximum absolute atomic E-state index is 6.45. The van der Waals surface area contributed by atoms with Gasteiger partial charge in [0.1, 0.15) is 5.75 Å². The zero-order chi connectivity index (χ0) is 20.7. The SMILES string of the molecule is C[Si](C)(C)c1ccc(OC2CCCCO2)c(-n2c3ccccc3c3ccccc32)c1. The molecule has 4 heteroatoms. The predicted octanol–water partition coefficient (Wildman–Crippen LogP) is 6.23. The molecule has 2 heterocycles. The van der Waals surface area contributed by atoms with Gasteiger partial charge in [-0.15, -0.1) is 0 Å². The Morgan fingerprint density at radius 1 is 0.867 bits per heavy atom. The first-order valence-electron chi connectivity index (χ1n) is 10.9. The number of benzene rings is 3. The zero-order valence-electron chi connectivity index (χ0n) is 18.0. The van der Waals surface area contributed by atoms with Crippen LogP contribution in [-0.4, -0.2) is 25.5 Å². The van der Waals surface area contributed by atoms with Crippen molar-refractivity contribution in [3.63, 3.8) is 0 Å². The van der Waals surface area contributed by atoms with Crippen molar-refractivity contribution in [1.29, 1.82) is 0 Å². The highest BCUT2D eigenvalue weighted by molar-refractivity contribution is 6.88. The third kappa shape index (κ3) is 3.44. The standard InChI is InChI=1S/C26H29NO2Si/c1-30(2,3)19-15-16-25(29-26-14-8-9-17-28-26)24(18-19)27-22-12-6-4-10-20(22)21-11-5-7-13-23(21)27/h4-7,10-13,15-16,18,26H,8-9,14,17H2,1-3H3. The quantitative estimate of drug-likeness (QED) is 0.369. The van der Waals surface area contributed by atoms with Gasteiger partial charge in [-0.2, -0.15) is 0 Å². The molecular formula is C26H29NO2Si. The second-order valence-corrected chi connectivity index (χ2v) is 14.3. The summed E-state index contributed by atoms with van der Waals surface area (Å²) in [4.78, 5) is 0. The normalized spacial score (nSPS) is 17.5. The van der Waals surface area contributed by atoms with E-state index in [4.69, 9.17) is 9.47 Å². The average molecular weight is 416 g/mol. The third-order valence-corrected chi connectivity index (χ3v) is 8.09. The Morgan fingerprint density at radius 2 is 1.53 bits per heavy atom. The van der Waals surface area contributed by atoms with Gasteiger partial charge in [0.15, 0.2) is 6.29 Å². The topological polar surface area (TPSA) is 23.4 Å². The van der Waals surface area contributed by atoms with E-state index in [1.165, 1.54) is 27.0 Å². The highest BCUT2D eigenvalue weighted by Gasteiger charge is 2.23. The van der Waals surface area contributed by atoms with Crippen molar-refractivity contribution in [2.75, 3.05) is 6.61 Å². The van der Waals surface area contributed by atoms with Crippen molar-refractivity contribution in [3.8, 4) is 11.4 Å². The minimum absolute atomic E-state index is 0.164. The summed E-state index contributed by atoms with van der Waals surface area (Å²) >= 11 is 0. The molecule has 3 nitrogen and oxygen atoms in total. The lowest BCUT2D eigenvalue weighted by Gasteiger charge is -2.26. The third-order valence-electron chi connectivity index (χ3n) is 6.04. The molecule has 5 rings (SSSR count). The summed E-state index contributed by atoms with van der Waals surface area (Å²) in [6.07, 6.45) is 3.06. The summed E-state index contributed by atoms with van der Waals surface area (Å²) < 4.78 is 14.7. The lowest BCUT2D eigenvalue weighted by molar-refractivity contribution is -0.105. The van der Waals surface area contributed by atoms with Crippen LogP contribution in [-0.2, 0) is 4.74 Å². The van der Waals surface area contributed by atoms with Gasteiger partial charge in [-0.05, 0) is 37.1 Å². The van der Waals surface area contributed by atoms with Crippen LogP contribution in [0.25, 0.3) is 27.5 Å². The summed E-state index contributed by atoms with van der Waals surface area (Å²) in [6, 6.07) is 24.1. The molecule has 0 saturated carbocycles. The number of hydrogen-bond acceptors (Lipinski definition) is 2. The molecule has 0 amide bonds. The number of rotatable bonds is 4. The van der Waals surface area contributed by atoms with Crippen LogP contribution in [0.5, 0.6) is 5.75 Å². The summed E-state index contributed by atoms with van der Waals surface area (Å²) in [5, 5.41) is 3.97. The first-order chi connectivity index (χ1) is 14.5. The molecule has 1 aliphatic heterocycles. The molecule has 0 spiro atoms. The fourth-order valence-corrected chi connectivity index (χ4v) is 5.54. The van der Waals surface area contributed by atoms with E-state index in [1.807, 2.05) is 0 Å². The summed E-state index contributed by atoms with van der Waals surface area (Å²) in [7, 11) is -1.49. The molecule has 0 N–H and O–H groups in total. The fraction of sp³-hybridized carbons (Fsp3) is 0.308. The molecule has 0 bridgehead atoms. The van der Waals surface area contributed by atoms with Gasteiger partial charge in [-0.1, -0.05) is 67.3 Å². The van der Waals surface area contributed by atoms with Gasteiger partial charge < -0.3 is 14.0 Å². The number of para-hydroxylation sites is 2. The second-order valence-electron chi connectivity index (χ2n) is 9.22. The van der Waals surface area contributed by atoms with E-state index >= 15 is 0 Å². The monoisotopic (exact) mass is 415 g/mol. The second kappa shape index (κ2) is 7.60. The Hall–Kier alpha value is -2.56. The molecule has 1 saturated heterocycles. The molecule has 1 unspecified atom stereocenters. The molecule has 4 aromatic rings. The molecule has 1 aromatic heterocycles. The fourth-order valence-electron chi connectivity index (χ4n) is 4.39. The van der Waals surface area contributed by atoms with E-state index in [2.05, 4.69) is 90.9 Å². The van der Waals surface area contributed by atoms with Crippen LogP contribution in [0.1, 0.15) is 19.3 Å². The first kappa shape index (κ1) is 19.4. The van der Waals surface area contributed by atoms with Gasteiger partial charge in [0.25, 0.3) is 0 Å². The molecule has 154 valence electrons. The van der Waals surface area contributed by atoms with Crippen molar-refractivity contribution in [3.05, 3.63) is 66.7 Å². The summed E-state index contributed by atoms with van der Waals surface area (Å²) in [5.41, 5.74) is 3.53. The van der Waals surface area contributed by atoms with Crippen molar-refractivity contribution in [2.45, 2.75) is 45.2 Å². The van der Waals surface area contributed by atoms with E-state index in [0.717, 1.165) is 37.3 Å². The number of aromatic nitrogens is 1. The maximum atomic E-state index is 6.45. The molecule has 1 aliphatic rings. The minimum atomic E-state index is -1.49. The Labute approximate surface area is 179 Å². The molecule has 0 radical (unpaired) electrons.